The van der Waals surface area contributed by atoms with E-state index in [-0.39, 0.29) is 0 Å². The molecule has 0 bridgehead atoms. The van der Waals surface area contributed by atoms with Crippen LogP contribution in [0.15, 0.2) is 0 Å². The number of fused-ring (bicyclic) bond motifs is 1. The molecule has 2 nitrogen and oxygen atoms in total. The molecule has 1 saturated carbocycles. The Morgan fingerprint density at radius 1 is 1.15 bits per heavy atom. The summed E-state index contributed by atoms with van der Waals surface area (Å²) in [4.78, 5) is 2.58. The number of hydrogen-bond acceptors (Lipinski definition) is 2. The molecule has 2 atom stereocenters. The Morgan fingerprint density at radius 3 is 2.92 bits per heavy atom. The Labute approximate surface area is 81.7 Å². The molecule has 0 aromatic heterocycles. The van der Waals surface area contributed by atoms with E-state index in [0.29, 0.717) is 0 Å². The Hall–Kier alpha value is -0.0800. The predicted octanol–water partition coefficient (Wildman–Crippen LogP) is 1.47. The van der Waals surface area contributed by atoms with E-state index in [1.165, 1.54) is 51.7 Å². The van der Waals surface area contributed by atoms with Gasteiger partial charge in [0.25, 0.3) is 0 Å². The molecule has 1 aliphatic heterocycles. The molecule has 2 unspecified atom stereocenters. The molecular formula is C11H22N2. The monoisotopic (exact) mass is 182 g/mol. The van der Waals surface area contributed by atoms with Crippen molar-refractivity contribution in [2.75, 3.05) is 26.7 Å². The first-order valence-corrected chi connectivity index (χ1v) is 5.79. The molecule has 1 saturated heterocycles. The van der Waals surface area contributed by atoms with Crippen LogP contribution >= 0.6 is 0 Å². The van der Waals surface area contributed by atoms with Gasteiger partial charge in [0.05, 0.1) is 0 Å². The number of nitrogens with one attached hydrogen (secondary N) is 1. The highest BCUT2D eigenvalue weighted by Crippen LogP contribution is 2.27. The lowest BCUT2D eigenvalue weighted by Gasteiger charge is -2.30. The smallest absolute Gasteiger partial charge is 0.0133 e. The van der Waals surface area contributed by atoms with Crippen LogP contribution in [0.4, 0.5) is 0 Å². The maximum absolute atomic E-state index is 3.56. The van der Waals surface area contributed by atoms with Crippen LogP contribution < -0.4 is 5.32 Å². The third-order valence-corrected chi connectivity index (χ3v) is 3.73. The van der Waals surface area contributed by atoms with Crippen LogP contribution in [0.2, 0.25) is 0 Å². The van der Waals surface area contributed by atoms with Gasteiger partial charge in [0, 0.05) is 19.1 Å². The van der Waals surface area contributed by atoms with Gasteiger partial charge in [0.2, 0.25) is 0 Å². The van der Waals surface area contributed by atoms with Crippen LogP contribution in [-0.4, -0.2) is 37.6 Å². The molecule has 0 radical (unpaired) electrons. The second kappa shape index (κ2) is 4.43. The second-order valence-corrected chi connectivity index (χ2v) is 4.65. The minimum atomic E-state index is 0.873. The van der Waals surface area contributed by atoms with Gasteiger partial charge < -0.3 is 10.2 Å². The highest BCUT2D eigenvalue weighted by Gasteiger charge is 2.28. The van der Waals surface area contributed by atoms with Gasteiger partial charge in [-0.3, -0.25) is 0 Å². The van der Waals surface area contributed by atoms with Crippen LogP contribution in [-0.2, 0) is 0 Å². The first kappa shape index (κ1) is 9.47. The summed E-state index contributed by atoms with van der Waals surface area (Å²) in [5.41, 5.74) is 0. The summed E-state index contributed by atoms with van der Waals surface area (Å²) < 4.78 is 0. The summed E-state index contributed by atoms with van der Waals surface area (Å²) in [6.07, 6.45) is 7.24. The molecule has 0 spiro atoms. The van der Waals surface area contributed by atoms with Gasteiger partial charge in [-0.2, -0.15) is 0 Å². The summed E-state index contributed by atoms with van der Waals surface area (Å²) in [6.45, 7) is 3.68. The SMILES string of the molecule is CN1CCNCC2CCCCCC21. The van der Waals surface area contributed by atoms with Crippen molar-refractivity contribution >= 4 is 0 Å². The molecule has 0 aromatic rings. The van der Waals surface area contributed by atoms with Crippen molar-refractivity contribution in [2.24, 2.45) is 5.92 Å². The van der Waals surface area contributed by atoms with E-state index in [1.54, 1.807) is 0 Å². The van der Waals surface area contributed by atoms with E-state index in [2.05, 4.69) is 17.3 Å². The molecule has 2 aliphatic rings. The van der Waals surface area contributed by atoms with E-state index in [4.69, 9.17) is 0 Å². The largest absolute Gasteiger partial charge is 0.315 e. The fraction of sp³-hybridized carbons (Fsp3) is 1.00. The Morgan fingerprint density at radius 2 is 2.00 bits per heavy atom. The van der Waals surface area contributed by atoms with E-state index in [9.17, 15) is 0 Å². The Kier molecular flexibility index (Phi) is 3.23. The minimum absolute atomic E-state index is 0.873. The molecule has 1 heterocycles. The quantitative estimate of drug-likeness (QED) is 0.610. The van der Waals surface area contributed by atoms with E-state index in [1.807, 2.05) is 0 Å². The maximum atomic E-state index is 3.56. The summed E-state index contributed by atoms with van der Waals surface area (Å²) in [6, 6.07) is 0.873. The van der Waals surface area contributed by atoms with Gasteiger partial charge in [0.15, 0.2) is 0 Å². The fourth-order valence-electron chi connectivity index (χ4n) is 2.89. The van der Waals surface area contributed by atoms with Crippen LogP contribution in [0, 0.1) is 5.92 Å². The van der Waals surface area contributed by atoms with Crippen molar-refractivity contribution in [3.8, 4) is 0 Å². The predicted molar refractivity (Wildman–Crippen MR) is 55.9 cm³/mol. The zero-order valence-electron chi connectivity index (χ0n) is 8.76. The molecule has 1 aliphatic carbocycles. The molecule has 13 heavy (non-hydrogen) atoms. The Balaban J connectivity index is 2.03. The number of nitrogens with zero attached hydrogens (tertiary/aromatic N) is 1. The third kappa shape index (κ3) is 2.23. The molecule has 0 aromatic carbocycles. The Bertz CT molecular complexity index is 156. The van der Waals surface area contributed by atoms with Gasteiger partial charge in [-0.1, -0.05) is 19.3 Å². The topological polar surface area (TPSA) is 15.3 Å². The van der Waals surface area contributed by atoms with Gasteiger partial charge in [0.1, 0.15) is 0 Å². The lowest BCUT2D eigenvalue weighted by Crippen LogP contribution is -2.37. The minimum Gasteiger partial charge on any atom is -0.315 e. The molecule has 76 valence electrons. The lowest BCUT2D eigenvalue weighted by molar-refractivity contribution is 0.190. The van der Waals surface area contributed by atoms with Crippen molar-refractivity contribution in [1.29, 1.82) is 0 Å². The zero-order valence-corrected chi connectivity index (χ0v) is 8.76. The van der Waals surface area contributed by atoms with Gasteiger partial charge in [-0.25, -0.2) is 0 Å². The normalized spacial score (nSPS) is 37.6. The van der Waals surface area contributed by atoms with Crippen LogP contribution in [0.25, 0.3) is 0 Å². The highest BCUT2D eigenvalue weighted by atomic mass is 15.2. The van der Waals surface area contributed by atoms with Crippen molar-refractivity contribution < 1.29 is 0 Å². The average molecular weight is 182 g/mol. The molecular weight excluding hydrogens is 160 g/mol. The third-order valence-electron chi connectivity index (χ3n) is 3.73. The van der Waals surface area contributed by atoms with Gasteiger partial charge in [-0.15, -0.1) is 0 Å². The van der Waals surface area contributed by atoms with E-state index < -0.39 is 0 Å². The van der Waals surface area contributed by atoms with Crippen LogP contribution in [0.5, 0.6) is 0 Å². The molecule has 2 heteroatoms. The molecule has 2 rings (SSSR count). The zero-order chi connectivity index (χ0) is 9.10. The summed E-state index contributed by atoms with van der Waals surface area (Å²) in [5, 5.41) is 3.56. The van der Waals surface area contributed by atoms with Gasteiger partial charge >= 0.3 is 0 Å². The summed E-state index contributed by atoms with van der Waals surface area (Å²) in [7, 11) is 2.30. The fourth-order valence-corrected chi connectivity index (χ4v) is 2.89. The molecule has 2 fully saturated rings. The van der Waals surface area contributed by atoms with E-state index >= 15 is 0 Å². The number of likely N-dealkylation sites (N-methyl/N-ethyl adjacent to an activating group) is 1. The molecule has 0 amide bonds. The van der Waals surface area contributed by atoms with E-state index in [0.717, 1.165) is 12.0 Å². The van der Waals surface area contributed by atoms with Crippen molar-refractivity contribution in [3.05, 3.63) is 0 Å². The first-order valence-electron chi connectivity index (χ1n) is 5.79. The first-order chi connectivity index (χ1) is 6.38. The van der Waals surface area contributed by atoms with Crippen LogP contribution in [0.3, 0.4) is 0 Å². The average Bonchev–Trinajstić information content (AvgIpc) is 2.43. The van der Waals surface area contributed by atoms with Crippen molar-refractivity contribution in [3.63, 3.8) is 0 Å². The summed E-state index contributed by atoms with van der Waals surface area (Å²) in [5.74, 6) is 0.926. The second-order valence-electron chi connectivity index (χ2n) is 4.65. The standard InChI is InChI=1S/C11H22N2/c1-13-8-7-12-9-10-5-3-2-4-6-11(10)13/h10-12H,2-9H2,1H3. The lowest BCUT2D eigenvalue weighted by atomic mass is 9.94. The van der Waals surface area contributed by atoms with Crippen molar-refractivity contribution in [2.45, 2.75) is 38.1 Å². The van der Waals surface area contributed by atoms with Crippen LogP contribution in [0.1, 0.15) is 32.1 Å². The van der Waals surface area contributed by atoms with Crippen molar-refractivity contribution in [1.82, 2.24) is 10.2 Å². The summed E-state index contributed by atoms with van der Waals surface area (Å²) >= 11 is 0. The number of hydrogen-bond donors (Lipinski definition) is 1. The van der Waals surface area contributed by atoms with Gasteiger partial charge in [-0.05, 0) is 32.4 Å². The highest BCUT2D eigenvalue weighted by molar-refractivity contribution is 4.84. The number of rotatable bonds is 0. The molecule has 1 N–H and O–H groups in total. The maximum Gasteiger partial charge on any atom is 0.0133 e.